The van der Waals surface area contributed by atoms with E-state index in [4.69, 9.17) is 9.47 Å². The number of carbonyl (C=O) groups excluding carboxylic acids is 1. The van der Waals surface area contributed by atoms with Gasteiger partial charge in [-0.25, -0.2) is 4.79 Å². The number of ether oxygens (including phenoxy) is 2. The first-order valence-electron chi connectivity index (χ1n) is 11.1. The Morgan fingerprint density at radius 2 is 1.69 bits per heavy atom. The Morgan fingerprint density at radius 1 is 1.14 bits per heavy atom. The topological polar surface area (TPSA) is 76.1 Å². The predicted octanol–water partition coefficient (Wildman–Crippen LogP) is 5.44. The van der Waals surface area contributed by atoms with Gasteiger partial charge in [0.05, 0.1) is 17.6 Å². The minimum atomic E-state index is -1.10. The number of rotatable bonds is 5. The highest BCUT2D eigenvalue weighted by atomic mass is 16.6. The molecule has 1 saturated heterocycles. The molecule has 2 fully saturated rings. The number of carbonyl (C=O) groups is 2. The van der Waals surface area contributed by atoms with Gasteiger partial charge < -0.3 is 14.6 Å². The van der Waals surface area contributed by atoms with Crippen molar-refractivity contribution < 1.29 is 24.2 Å². The van der Waals surface area contributed by atoms with Gasteiger partial charge in [0.1, 0.15) is 11.3 Å². The lowest BCUT2D eigenvalue weighted by atomic mass is 9.70. The van der Waals surface area contributed by atoms with E-state index >= 15 is 0 Å². The first kappa shape index (κ1) is 24.0. The molecule has 0 aromatic heterocycles. The van der Waals surface area contributed by atoms with E-state index < -0.39 is 34.9 Å². The molecule has 6 heteroatoms. The first-order chi connectivity index (χ1) is 13.2. The van der Waals surface area contributed by atoms with Crippen molar-refractivity contribution >= 4 is 12.1 Å². The van der Waals surface area contributed by atoms with Crippen molar-refractivity contribution in [2.75, 3.05) is 0 Å². The zero-order valence-corrected chi connectivity index (χ0v) is 19.6. The van der Waals surface area contributed by atoms with Crippen LogP contribution in [0.25, 0.3) is 0 Å². The highest BCUT2D eigenvalue weighted by molar-refractivity contribution is 5.76. The van der Waals surface area contributed by atoms with Crippen LogP contribution in [0.5, 0.6) is 0 Å². The average Bonchev–Trinajstić information content (AvgIpc) is 2.83. The molecule has 3 atom stereocenters. The quantitative estimate of drug-likeness (QED) is 0.651. The molecule has 1 aliphatic carbocycles. The second-order valence-electron chi connectivity index (χ2n) is 10.9. The summed E-state index contributed by atoms with van der Waals surface area (Å²) in [6.07, 6.45) is 5.61. The van der Waals surface area contributed by atoms with Gasteiger partial charge in [-0.05, 0) is 59.8 Å². The monoisotopic (exact) mass is 411 g/mol. The fourth-order valence-electron chi connectivity index (χ4n) is 4.86. The largest absolute Gasteiger partial charge is 0.481 e. The van der Waals surface area contributed by atoms with E-state index in [-0.39, 0.29) is 12.0 Å². The normalized spacial score (nSPS) is 27.7. The van der Waals surface area contributed by atoms with Gasteiger partial charge in [-0.15, -0.1) is 0 Å². The van der Waals surface area contributed by atoms with Crippen molar-refractivity contribution in [1.82, 2.24) is 4.90 Å². The molecule has 1 heterocycles. The van der Waals surface area contributed by atoms with Crippen LogP contribution in [0.3, 0.4) is 0 Å². The van der Waals surface area contributed by atoms with E-state index in [1.165, 1.54) is 19.3 Å². The van der Waals surface area contributed by atoms with Crippen LogP contribution in [0.1, 0.15) is 93.9 Å². The Labute approximate surface area is 176 Å². The lowest BCUT2D eigenvalue weighted by Crippen LogP contribution is -2.54. The Kier molecular flexibility index (Phi) is 6.98. The average molecular weight is 412 g/mol. The minimum Gasteiger partial charge on any atom is -0.481 e. The van der Waals surface area contributed by atoms with E-state index in [0.717, 1.165) is 19.3 Å². The van der Waals surface area contributed by atoms with Gasteiger partial charge in [0.2, 0.25) is 0 Å². The van der Waals surface area contributed by atoms with Gasteiger partial charge in [0, 0.05) is 0 Å². The molecule has 2 rings (SSSR count). The van der Waals surface area contributed by atoms with Crippen molar-refractivity contribution in [3.05, 3.63) is 0 Å². The molecule has 1 saturated carbocycles. The number of aliphatic carboxylic acids is 1. The van der Waals surface area contributed by atoms with E-state index in [1.807, 2.05) is 48.5 Å². The zero-order valence-electron chi connectivity index (χ0n) is 19.6. The molecule has 0 radical (unpaired) electrons. The smallest absolute Gasteiger partial charge is 0.412 e. The highest BCUT2D eigenvalue weighted by Crippen LogP contribution is 2.47. The molecule has 0 spiro atoms. The number of amides is 1. The molecule has 1 N–H and O–H groups in total. The Morgan fingerprint density at radius 3 is 2.14 bits per heavy atom. The van der Waals surface area contributed by atoms with Crippen LogP contribution in [-0.2, 0) is 14.3 Å². The number of nitrogens with zero attached hydrogens (tertiary/aromatic N) is 1. The molecule has 1 unspecified atom stereocenters. The van der Waals surface area contributed by atoms with Crippen molar-refractivity contribution in [2.45, 2.75) is 117 Å². The van der Waals surface area contributed by atoms with Crippen LogP contribution in [0, 0.1) is 17.3 Å². The fourth-order valence-corrected chi connectivity index (χ4v) is 4.86. The molecule has 6 nitrogen and oxygen atoms in total. The molecule has 2 aliphatic rings. The summed E-state index contributed by atoms with van der Waals surface area (Å²) in [7, 11) is 0. The number of carboxylic acids is 1. The summed E-state index contributed by atoms with van der Waals surface area (Å²) in [5.74, 6) is -0.551. The Hall–Kier alpha value is -1.30. The summed E-state index contributed by atoms with van der Waals surface area (Å²) in [6.45, 7) is 14.8. The highest BCUT2D eigenvalue weighted by Gasteiger charge is 2.60. The lowest BCUT2D eigenvalue weighted by molar-refractivity contribution is -0.168. The summed E-state index contributed by atoms with van der Waals surface area (Å²) < 4.78 is 12.1. The molecule has 0 aromatic rings. The van der Waals surface area contributed by atoms with Crippen LogP contribution < -0.4 is 0 Å². The van der Waals surface area contributed by atoms with Gasteiger partial charge in [0.15, 0.2) is 0 Å². The van der Waals surface area contributed by atoms with Gasteiger partial charge in [-0.1, -0.05) is 46.0 Å². The van der Waals surface area contributed by atoms with Gasteiger partial charge in [0.25, 0.3) is 0 Å². The number of hydrogen-bond donors (Lipinski definition) is 1. The Balaban J connectivity index is 2.46. The van der Waals surface area contributed by atoms with Crippen LogP contribution in [0.4, 0.5) is 4.79 Å². The van der Waals surface area contributed by atoms with E-state index in [0.29, 0.717) is 5.92 Å². The molecule has 0 aromatic carbocycles. The van der Waals surface area contributed by atoms with E-state index in [1.54, 1.807) is 11.8 Å². The fraction of sp³-hybridized carbons (Fsp3) is 0.913. The van der Waals surface area contributed by atoms with Crippen molar-refractivity contribution in [2.24, 2.45) is 17.3 Å². The molecular formula is C23H41NO5. The van der Waals surface area contributed by atoms with Crippen LogP contribution >= 0.6 is 0 Å². The Bertz CT molecular complexity index is 603. The molecular weight excluding hydrogens is 370 g/mol. The summed E-state index contributed by atoms with van der Waals surface area (Å²) in [6, 6.07) is -0.327. The van der Waals surface area contributed by atoms with Gasteiger partial charge in [-0.2, -0.15) is 0 Å². The third-order valence-electron chi connectivity index (χ3n) is 6.82. The molecule has 0 bridgehead atoms. The maximum atomic E-state index is 13.2. The second-order valence-corrected chi connectivity index (χ2v) is 10.9. The van der Waals surface area contributed by atoms with Crippen LogP contribution in [0.15, 0.2) is 0 Å². The summed E-state index contributed by atoms with van der Waals surface area (Å²) in [4.78, 5) is 27.3. The maximum absolute atomic E-state index is 13.2. The van der Waals surface area contributed by atoms with Crippen molar-refractivity contribution in [1.29, 1.82) is 0 Å². The summed E-state index contributed by atoms with van der Waals surface area (Å²) in [5, 5.41) is 10.2. The zero-order chi connectivity index (χ0) is 22.2. The van der Waals surface area contributed by atoms with E-state index in [9.17, 15) is 14.7 Å². The summed E-state index contributed by atoms with van der Waals surface area (Å²) in [5.41, 5.74) is -2.67. The third kappa shape index (κ3) is 5.07. The molecule has 1 aliphatic heterocycles. The summed E-state index contributed by atoms with van der Waals surface area (Å²) >= 11 is 0. The standard InChI is InChI=1S/C23H41NO5/c1-15(2)23(8,19(25)26)18-17(14-16-12-10-9-11-13-16)24(22(6,7)28-18)20(27)29-21(3,4)5/h15-18H,9-14H2,1-8H3,(H,25,26)/t17-,18+,23?/m0/s1. The van der Waals surface area contributed by atoms with Crippen molar-refractivity contribution in [3.8, 4) is 0 Å². The second kappa shape index (κ2) is 8.44. The van der Waals surface area contributed by atoms with Crippen molar-refractivity contribution in [3.63, 3.8) is 0 Å². The molecule has 29 heavy (non-hydrogen) atoms. The van der Waals surface area contributed by atoms with E-state index in [2.05, 4.69) is 0 Å². The lowest BCUT2D eigenvalue weighted by Gasteiger charge is -2.40. The predicted molar refractivity (Wildman–Crippen MR) is 113 cm³/mol. The van der Waals surface area contributed by atoms with Gasteiger partial charge >= 0.3 is 12.1 Å². The molecule has 1 amide bonds. The SMILES string of the molecule is CC(C)C(C)(C(=O)O)[C@@H]1OC(C)(C)N(C(=O)OC(C)(C)C)[C@H]1CC1CCCCC1. The minimum absolute atomic E-state index is 0.145. The number of carboxylic acid groups (broad SMARTS) is 1. The maximum Gasteiger partial charge on any atom is 0.412 e. The van der Waals surface area contributed by atoms with Gasteiger partial charge in [-0.3, -0.25) is 9.69 Å². The number of hydrogen-bond acceptors (Lipinski definition) is 4. The first-order valence-corrected chi connectivity index (χ1v) is 11.1. The molecule has 168 valence electrons. The van der Waals surface area contributed by atoms with Crippen LogP contribution in [0.2, 0.25) is 0 Å². The van der Waals surface area contributed by atoms with Crippen LogP contribution in [-0.4, -0.2) is 45.5 Å². The third-order valence-corrected chi connectivity index (χ3v) is 6.82.